The third kappa shape index (κ3) is 2.53. The first kappa shape index (κ1) is 15.5. The molecule has 8 heteroatoms. The van der Waals surface area contributed by atoms with Crippen LogP contribution in [0.3, 0.4) is 0 Å². The maximum Gasteiger partial charge on any atom is 0.329 e. The average molecular weight is 357 g/mol. The molecule has 1 fully saturated rings. The molecule has 1 amide bonds. The second kappa shape index (κ2) is 5.64. The summed E-state index contributed by atoms with van der Waals surface area (Å²) in [5.74, 6) is -1.30. The average Bonchev–Trinajstić information content (AvgIpc) is 3.17. The molecule has 1 aliphatic heterocycles. The molecular formula is C14H13ClN2O3S2. The van der Waals surface area contributed by atoms with E-state index >= 15 is 0 Å². The summed E-state index contributed by atoms with van der Waals surface area (Å²) < 4.78 is 0.663. The van der Waals surface area contributed by atoms with Crippen molar-refractivity contribution in [2.24, 2.45) is 0 Å². The largest absolute Gasteiger partial charge is 0.480 e. The molecule has 3 rings (SSSR count). The summed E-state index contributed by atoms with van der Waals surface area (Å²) in [4.78, 5) is 30.7. The number of thiazole rings is 1. The van der Waals surface area contributed by atoms with Crippen molar-refractivity contribution in [3.05, 3.63) is 27.5 Å². The number of carboxylic acids is 1. The molecule has 22 heavy (non-hydrogen) atoms. The van der Waals surface area contributed by atoms with E-state index in [4.69, 9.17) is 11.6 Å². The van der Waals surface area contributed by atoms with Crippen LogP contribution in [0.4, 0.5) is 0 Å². The first-order valence-corrected chi connectivity index (χ1v) is 8.76. The Morgan fingerprint density at radius 3 is 2.86 bits per heavy atom. The number of halogens is 1. The number of hydrogen-bond donors (Lipinski definition) is 1. The van der Waals surface area contributed by atoms with Gasteiger partial charge in [-0.15, -0.1) is 22.7 Å². The Hall–Kier alpha value is -1.44. The molecule has 3 heterocycles. The fourth-order valence-corrected chi connectivity index (χ4v) is 4.47. The highest BCUT2D eigenvalue weighted by atomic mass is 35.5. The van der Waals surface area contributed by atoms with Crippen molar-refractivity contribution in [2.45, 2.75) is 25.3 Å². The quantitative estimate of drug-likeness (QED) is 0.912. The van der Waals surface area contributed by atoms with Crippen molar-refractivity contribution in [1.29, 1.82) is 0 Å². The van der Waals surface area contributed by atoms with Crippen molar-refractivity contribution in [2.75, 3.05) is 6.54 Å². The summed E-state index contributed by atoms with van der Waals surface area (Å²) in [7, 11) is 0. The fraction of sp³-hybridized carbons (Fsp3) is 0.357. The van der Waals surface area contributed by atoms with E-state index in [1.807, 2.05) is 6.07 Å². The van der Waals surface area contributed by atoms with Crippen molar-refractivity contribution in [3.63, 3.8) is 0 Å². The van der Waals surface area contributed by atoms with Crippen LogP contribution < -0.4 is 0 Å². The molecule has 2 aromatic rings. The Balaban J connectivity index is 1.87. The molecule has 0 radical (unpaired) electrons. The SMILES string of the molecule is CC1(C(=O)O)CCCN1C(=O)c1csc(-c2ccc(Cl)s2)n1. The van der Waals surface area contributed by atoms with E-state index in [2.05, 4.69) is 4.98 Å². The van der Waals surface area contributed by atoms with Crippen LogP contribution in [0.2, 0.25) is 4.34 Å². The lowest BCUT2D eigenvalue weighted by molar-refractivity contribution is -0.147. The van der Waals surface area contributed by atoms with Gasteiger partial charge in [-0.1, -0.05) is 11.6 Å². The molecule has 0 bridgehead atoms. The molecule has 0 aliphatic carbocycles. The summed E-state index contributed by atoms with van der Waals surface area (Å²) in [6.45, 7) is 2.03. The number of aliphatic carboxylic acids is 1. The number of carbonyl (C=O) groups is 2. The Kier molecular flexibility index (Phi) is 3.96. The third-order valence-corrected chi connectivity index (χ3v) is 6.10. The lowest BCUT2D eigenvalue weighted by atomic mass is 9.99. The molecule has 0 aromatic carbocycles. The molecule has 5 nitrogen and oxygen atoms in total. The normalized spacial score (nSPS) is 21.3. The maximum absolute atomic E-state index is 12.6. The molecule has 116 valence electrons. The zero-order chi connectivity index (χ0) is 15.9. The van der Waals surface area contributed by atoms with Gasteiger partial charge >= 0.3 is 5.97 Å². The summed E-state index contributed by atoms with van der Waals surface area (Å²) in [5, 5.41) is 11.8. The van der Waals surface area contributed by atoms with Gasteiger partial charge in [-0.2, -0.15) is 0 Å². The Labute approximate surface area is 140 Å². The van der Waals surface area contributed by atoms with Crippen molar-refractivity contribution < 1.29 is 14.7 Å². The summed E-state index contributed by atoms with van der Waals surface area (Å²) in [6.07, 6.45) is 1.15. The number of aromatic nitrogens is 1. The standard InChI is InChI=1S/C14H13ClN2O3S2/c1-14(13(19)20)5-2-6-17(14)12(18)8-7-21-11(16-8)9-3-4-10(15)22-9/h3-4,7H,2,5-6H2,1H3,(H,19,20). The highest BCUT2D eigenvalue weighted by Gasteiger charge is 2.46. The molecule has 1 atom stereocenters. The van der Waals surface area contributed by atoms with Gasteiger partial charge in [0.15, 0.2) is 0 Å². The number of rotatable bonds is 3. The predicted molar refractivity (Wildman–Crippen MR) is 86.7 cm³/mol. The molecule has 2 aromatic heterocycles. The monoisotopic (exact) mass is 356 g/mol. The van der Waals surface area contributed by atoms with Crippen LogP contribution in [0.5, 0.6) is 0 Å². The number of thiophene rings is 1. The maximum atomic E-state index is 12.6. The van der Waals surface area contributed by atoms with E-state index in [9.17, 15) is 14.7 Å². The van der Waals surface area contributed by atoms with Crippen LogP contribution >= 0.6 is 34.3 Å². The third-order valence-electron chi connectivity index (χ3n) is 3.85. The van der Waals surface area contributed by atoms with Crippen LogP contribution in [-0.4, -0.2) is 39.0 Å². The molecule has 1 aliphatic rings. The fourth-order valence-electron chi connectivity index (χ4n) is 2.56. The summed E-state index contributed by atoms with van der Waals surface area (Å²) in [5.41, 5.74) is -0.855. The van der Waals surface area contributed by atoms with Gasteiger partial charge in [0.1, 0.15) is 16.2 Å². The number of carboxylic acid groups (broad SMARTS) is 1. The topological polar surface area (TPSA) is 70.5 Å². The lowest BCUT2D eigenvalue weighted by Crippen LogP contribution is -2.50. The summed E-state index contributed by atoms with van der Waals surface area (Å²) >= 11 is 8.66. The minimum absolute atomic E-state index is 0.291. The Morgan fingerprint density at radius 2 is 2.23 bits per heavy atom. The van der Waals surface area contributed by atoms with E-state index in [-0.39, 0.29) is 5.91 Å². The number of carbonyl (C=O) groups excluding carboxylic acids is 1. The van der Waals surface area contributed by atoms with Gasteiger partial charge in [-0.3, -0.25) is 4.79 Å². The molecule has 1 unspecified atom stereocenters. The van der Waals surface area contributed by atoms with Gasteiger partial charge in [-0.25, -0.2) is 9.78 Å². The molecule has 1 saturated heterocycles. The van der Waals surface area contributed by atoms with E-state index in [0.717, 1.165) is 9.88 Å². The summed E-state index contributed by atoms with van der Waals surface area (Å²) in [6, 6.07) is 3.64. The number of likely N-dealkylation sites (tertiary alicyclic amines) is 1. The van der Waals surface area contributed by atoms with E-state index < -0.39 is 11.5 Å². The van der Waals surface area contributed by atoms with Crippen molar-refractivity contribution in [3.8, 4) is 9.88 Å². The van der Waals surface area contributed by atoms with E-state index in [1.54, 1.807) is 18.4 Å². The van der Waals surface area contributed by atoms with Gasteiger partial charge in [0.2, 0.25) is 0 Å². The minimum Gasteiger partial charge on any atom is -0.480 e. The number of amides is 1. The first-order chi connectivity index (χ1) is 10.4. The van der Waals surface area contributed by atoms with E-state index in [1.165, 1.54) is 27.6 Å². The zero-order valence-corrected chi connectivity index (χ0v) is 14.1. The smallest absolute Gasteiger partial charge is 0.329 e. The van der Waals surface area contributed by atoms with Crippen LogP contribution in [-0.2, 0) is 4.79 Å². The zero-order valence-electron chi connectivity index (χ0n) is 11.7. The first-order valence-electron chi connectivity index (χ1n) is 6.68. The van der Waals surface area contributed by atoms with Gasteiger partial charge < -0.3 is 10.0 Å². The van der Waals surface area contributed by atoms with Crippen LogP contribution in [0.25, 0.3) is 9.88 Å². The van der Waals surface area contributed by atoms with Crippen LogP contribution in [0.15, 0.2) is 17.5 Å². The molecule has 0 spiro atoms. The van der Waals surface area contributed by atoms with Gasteiger partial charge in [0.25, 0.3) is 5.91 Å². The Morgan fingerprint density at radius 1 is 1.45 bits per heavy atom. The van der Waals surface area contributed by atoms with E-state index in [0.29, 0.717) is 29.4 Å². The van der Waals surface area contributed by atoms with Crippen molar-refractivity contribution in [1.82, 2.24) is 9.88 Å². The second-order valence-corrected chi connectivity index (χ2v) is 7.85. The number of hydrogen-bond acceptors (Lipinski definition) is 5. The predicted octanol–water partition coefficient (Wildman–Crippen LogP) is 3.60. The van der Waals surface area contributed by atoms with Gasteiger partial charge in [0, 0.05) is 11.9 Å². The second-order valence-electron chi connectivity index (χ2n) is 5.28. The molecular weight excluding hydrogens is 344 g/mol. The van der Waals surface area contributed by atoms with Gasteiger partial charge in [-0.05, 0) is 31.9 Å². The van der Waals surface area contributed by atoms with Crippen LogP contribution in [0, 0.1) is 0 Å². The highest BCUT2D eigenvalue weighted by Crippen LogP contribution is 2.35. The lowest BCUT2D eigenvalue weighted by Gasteiger charge is -2.30. The number of nitrogens with zero attached hydrogens (tertiary/aromatic N) is 2. The van der Waals surface area contributed by atoms with Crippen molar-refractivity contribution >= 4 is 46.2 Å². The molecule has 0 saturated carbocycles. The highest BCUT2D eigenvalue weighted by molar-refractivity contribution is 7.23. The molecule has 1 N–H and O–H groups in total. The minimum atomic E-state index is -1.15. The Bertz CT molecular complexity index is 742. The van der Waals surface area contributed by atoms with Gasteiger partial charge in [0.05, 0.1) is 9.21 Å². The van der Waals surface area contributed by atoms with Crippen LogP contribution in [0.1, 0.15) is 30.3 Å².